The molecule has 0 heterocycles. The van der Waals surface area contributed by atoms with Crippen LogP contribution in [0.15, 0.2) is 42.5 Å². The van der Waals surface area contributed by atoms with Crippen molar-refractivity contribution in [3.63, 3.8) is 0 Å². The number of carbonyl (C=O) groups excluding carboxylic acids is 2. The van der Waals surface area contributed by atoms with E-state index in [0.717, 1.165) is 0 Å². The van der Waals surface area contributed by atoms with Crippen molar-refractivity contribution in [3.8, 4) is 0 Å². The Morgan fingerprint density at radius 2 is 1.79 bits per heavy atom. The number of ketones is 1. The van der Waals surface area contributed by atoms with Crippen LogP contribution in [0.3, 0.4) is 0 Å². The summed E-state index contributed by atoms with van der Waals surface area (Å²) in [5, 5.41) is 2.92. The summed E-state index contributed by atoms with van der Waals surface area (Å²) in [6, 6.07) is 11.4. The first-order chi connectivity index (χ1) is 11.2. The summed E-state index contributed by atoms with van der Waals surface area (Å²) >= 11 is 5.96. The van der Waals surface area contributed by atoms with Gasteiger partial charge in [0.15, 0.2) is 5.78 Å². The molecule has 6 heteroatoms. The van der Waals surface area contributed by atoms with Crippen LogP contribution >= 0.6 is 11.6 Å². The highest BCUT2D eigenvalue weighted by molar-refractivity contribution is 6.34. The van der Waals surface area contributed by atoms with Gasteiger partial charge in [-0.3, -0.25) is 10.1 Å². The maximum Gasteiger partial charge on any atom is 0.412 e. The lowest BCUT2D eigenvalue weighted by molar-refractivity contribution is 0.0635. The van der Waals surface area contributed by atoms with Gasteiger partial charge in [0.1, 0.15) is 5.60 Å². The maximum absolute atomic E-state index is 12.6. The first kappa shape index (κ1) is 17.8. The number of para-hydroxylation sites is 1. The number of nitrogens with two attached hydrogens (primary N) is 1. The lowest BCUT2D eigenvalue weighted by atomic mass is 10.0. The number of anilines is 2. The second-order valence-electron chi connectivity index (χ2n) is 6.24. The van der Waals surface area contributed by atoms with Crippen molar-refractivity contribution in [1.82, 2.24) is 0 Å². The number of ether oxygens (including phenoxy) is 1. The molecule has 3 N–H and O–H groups in total. The molecule has 0 saturated carbocycles. The van der Waals surface area contributed by atoms with Crippen LogP contribution in [0.2, 0.25) is 5.02 Å². The third-order valence-electron chi connectivity index (χ3n) is 3.07. The average molecular weight is 347 g/mol. The second-order valence-corrected chi connectivity index (χ2v) is 6.65. The second kappa shape index (κ2) is 6.93. The van der Waals surface area contributed by atoms with E-state index in [2.05, 4.69) is 5.32 Å². The van der Waals surface area contributed by atoms with E-state index in [1.165, 1.54) is 0 Å². The third kappa shape index (κ3) is 4.49. The number of hydrogen-bond donors (Lipinski definition) is 2. The molecule has 0 saturated heterocycles. The van der Waals surface area contributed by atoms with Crippen LogP contribution in [0.5, 0.6) is 0 Å². The Hall–Kier alpha value is -2.53. The Labute approximate surface area is 145 Å². The van der Waals surface area contributed by atoms with E-state index in [4.69, 9.17) is 22.1 Å². The predicted molar refractivity (Wildman–Crippen MR) is 95.6 cm³/mol. The van der Waals surface area contributed by atoms with Crippen LogP contribution in [0.4, 0.5) is 16.2 Å². The number of benzene rings is 2. The molecule has 0 radical (unpaired) electrons. The van der Waals surface area contributed by atoms with Crippen molar-refractivity contribution in [2.24, 2.45) is 0 Å². The molecule has 126 valence electrons. The molecule has 1 amide bonds. The number of hydrogen-bond acceptors (Lipinski definition) is 4. The highest BCUT2D eigenvalue weighted by Gasteiger charge is 2.18. The van der Waals surface area contributed by atoms with Crippen LogP contribution in [-0.4, -0.2) is 17.5 Å². The normalized spacial score (nSPS) is 11.0. The van der Waals surface area contributed by atoms with Crippen LogP contribution in [0, 0.1) is 0 Å². The maximum atomic E-state index is 12.6. The van der Waals surface area contributed by atoms with E-state index in [0.29, 0.717) is 21.8 Å². The average Bonchev–Trinajstić information content (AvgIpc) is 2.47. The van der Waals surface area contributed by atoms with Gasteiger partial charge >= 0.3 is 6.09 Å². The summed E-state index contributed by atoms with van der Waals surface area (Å²) in [6.07, 6.45) is -0.589. The predicted octanol–water partition coefficient (Wildman–Crippen LogP) is 4.50. The van der Waals surface area contributed by atoms with Crippen LogP contribution < -0.4 is 11.1 Å². The molecular weight excluding hydrogens is 328 g/mol. The molecule has 2 rings (SSSR count). The minimum absolute atomic E-state index is 0.231. The zero-order valence-corrected chi connectivity index (χ0v) is 14.5. The minimum atomic E-state index is -0.604. The number of nitrogen functional groups attached to an aromatic ring is 1. The molecule has 0 fully saturated rings. The Bertz CT molecular complexity index is 782. The number of nitrogens with one attached hydrogen (secondary N) is 1. The van der Waals surface area contributed by atoms with E-state index in [1.54, 1.807) is 63.2 Å². The summed E-state index contributed by atoms with van der Waals surface area (Å²) < 4.78 is 5.19. The van der Waals surface area contributed by atoms with Crippen molar-refractivity contribution in [1.29, 1.82) is 0 Å². The fourth-order valence-electron chi connectivity index (χ4n) is 2.05. The molecule has 0 aromatic heterocycles. The quantitative estimate of drug-likeness (QED) is 0.633. The fraction of sp³-hybridized carbons (Fsp3) is 0.222. The van der Waals surface area contributed by atoms with Gasteiger partial charge in [0, 0.05) is 16.8 Å². The highest BCUT2D eigenvalue weighted by Crippen LogP contribution is 2.25. The largest absolute Gasteiger partial charge is 0.444 e. The topological polar surface area (TPSA) is 81.4 Å². The third-order valence-corrected chi connectivity index (χ3v) is 3.40. The van der Waals surface area contributed by atoms with Crippen molar-refractivity contribution in [3.05, 3.63) is 58.6 Å². The van der Waals surface area contributed by atoms with Crippen molar-refractivity contribution in [2.45, 2.75) is 26.4 Å². The van der Waals surface area contributed by atoms with Gasteiger partial charge in [-0.05, 0) is 45.0 Å². The van der Waals surface area contributed by atoms with Crippen molar-refractivity contribution >= 4 is 34.9 Å². The summed E-state index contributed by atoms with van der Waals surface area (Å²) in [4.78, 5) is 24.4. The molecular formula is C18H19ClN2O3. The zero-order valence-electron chi connectivity index (χ0n) is 13.7. The molecule has 0 aliphatic heterocycles. The smallest absolute Gasteiger partial charge is 0.412 e. The molecule has 0 atom stereocenters. The first-order valence-electron chi connectivity index (χ1n) is 7.36. The summed E-state index contributed by atoms with van der Waals surface area (Å²) in [6.45, 7) is 5.32. The fourth-order valence-corrected chi connectivity index (χ4v) is 2.22. The van der Waals surface area contributed by atoms with Gasteiger partial charge in [-0.25, -0.2) is 4.79 Å². The minimum Gasteiger partial charge on any atom is -0.444 e. The zero-order chi connectivity index (χ0) is 17.9. The van der Waals surface area contributed by atoms with Gasteiger partial charge in [0.05, 0.1) is 10.7 Å². The molecule has 24 heavy (non-hydrogen) atoms. The SMILES string of the molecule is CC(C)(C)OC(=O)Nc1cccc(C(=O)c2cccc(Cl)c2N)c1. The van der Waals surface area contributed by atoms with Crippen molar-refractivity contribution < 1.29 is 14.3 Å². The molecule has 2 aromatic rings. The molecule has 5 nitrogen and oxygen atoms in total. The van der Waals surface area contributed by atoms with Crippen molar-refractivity contribution in [2.75, 3.05) is 11.1 Å². The van der Waals surface area contributed by atoms with Gasteiger partial charge in [-0.1, -0.05) is 29.8 Å². The Balaban J connectivity index is 2.22. The number of halogens is 1. The Kier molecular flexibility index (Phi) is 5.14. The van der Waals surface area contributed by atoms with E-state index < -0.39 is 11.7 Å². The van der Waals surface area contributed by atoms with E-state index in [-0.39, 0.29) is 11.5 Å². The number of carbonyl (C=O) groups is 2. The Morgan fingerprint density at radius 1 is 1.12 bits per heavy atom. The van der Waals surface area contributed by atoms with Gasteiger partial charge in [-0.2, -0.15) is 0 Å². The molecule has 2 aromatic carbocycles. The monoisotopic (exact) mass is 346 g/mol. The van der Waals surface area contributed by atoms with Gasteiger partial charge in [0.2, 0.25) is 0 Å². The van der Waals surface area contributed by atoms with Crippen LogP contribution in [0.1, 0.15) is 36.7 Å². The first-order valence-corrected chi connectivity index (χ1v) is 7.74. The van der Waals surface area contributed by atoms with Crippen LogP contribution in [-0.2, 0) is 4.74 Å². The standard InChI is InChI=1S/C18H19ClN2O3/c1-18(2,3)24-17(23)21-12-7-4-6-11(10-12)16(22)13-8-5-9-14(19)15(13)20/h4-10H,20H2,1-3H3,(H,21,23). The summed E-state index contributed by atoms with van der Waals surface area (Å²) in [5.74, 6) is -0.275. The summed E-state index contributed by atoms with van der Waals surface area (Å²) in [7, 11) is 0. The molecule has 0 spiro atoms. The van der Waals surface area contributed by atoms with Gasteiger partial charge in [0.25, 0.3) is 0 Å². The molecule has 0 aliphatic carbocycles. The molecule has 0 unspecified atom stereocenters. The number of amides is 1. The lowest BCUT2D eigenvalue weighted by Gasteiger charge is -2.19. The van der Waals surface area contributed by atoms with Gasteiger partial charge in [-0.15, -0.1) is 0 Å². The van der Waals surface area contributed by atoms with Crippen LogP contribution in [0.25, 0.3) is 0 Å². The number of rotatable bonds is 3. The Morgan fingerprint density at radius 3 is 2.46 bits per heavy atom. The summed E-state index contributed by atoms with van der Waals surface area (Å²) in [5.41, 5.74) is 6.65. The molecule has 0 bridgehead atoms. The van der Waals surface area contributed by atoms with E-state index in [1.807, 2.05) is 0 Å². The van der Waals surface area contributed by atoms with E-state index >= 15 is 0 Å². The lowest BCUT2D eigenvalue weighted by Crippen LogP contribution is -2.27. The molecule has 0 aliphatic rings. The highest BCUT2D eigenvalue weighted by atomic mass is 35.5. The van der Waals surface area contributed by atoms with E-state index in [9.17, 15) is 9.59 Å². The van der Waals surface area contributed by atoms with Gasteiger partial charge < -0.3 is 10.5 Å².